The first-order valence-corrected chi connectivity index (χ1v) is 8.51. The third-order valence-electron chi connectivity index (χ3n) is 3.45. The maximum absolute atomic E-state index is 12.1. The molecule has 0 spiro atoms. The highest BCUT2D eigenvalue weighted by atomic mass is 35.5. The number of carbonyl (C=O) groups excluding carboxylic acids is 1. The molecule has 0 fully saturated rings. The summed E-state index contributed by atoms with van der Waals surface area (Å²) in [5.74, 6) is 1.11. The van der Waals surface area contributed by atoms with Crippen molar-refractivity contribution in [2.24, 2.45) is 0 Å². The summed E-state index contributed by atoms with van der Waals surface area (Å²) in [4.78, 5) is 12.7. The number of benzene rings is 1. The molecule has 0 atom stereocenters. The Labute approximate surface area is 142 Å². The van der Waals surface area contributed by atoms with Gasteiger partial charge in [-0.1, -0.05) is 23.0 Å². The van der Waals surface area contributed by atoms with Crippen LogP contribution in [0.4, 0.5) is 0 Å². The molecule has 2 heterocycles. The molecule has 1 aromatic heterocycles. The van der Waals surface area contributed by atoms with Gasteiger partial charge >= 0.3 is 0 Å². The molecule has 1 N–H and O–H groups in total. The molecule has 0 aliphatic carbocycles. The highest BCUT2D eigenvalue weighted by Crippen LogP contribution is 2.38. The van der Waals surface area contributed by atoms with Gasteiger partial charge in [0.25, 0.3) is 5.91 Å². The van der Waals surface area contributed by atoms with E-state index in [0.717, 1.165) is 22.8 Å². The molecule has 122 valence electrons. The number of nitrogens with zero attached hydrogens (tertiary/aromatic N) is 2. The Morgan fingerprint density at radius 1 is 1.39 bits per heavy atom. The first-order valence-electron chi connectivity index (χ1n) is 7.36. The number of halogens is 1. The zero-order valence-electron chi connectivity index (χ0n) is 12.6. The summed E-state index contributed by atoms with van der Waals surface area (Å²) in [7, 11) is 0. The van der Waals surface area contributed by atoms with Crippen molar-refractivity contribution in [3.63, 3.8) is 0 Å². The summed E-state index contributed by atoms with van der Waals surface area (Å²) in [5, 5.41) is 7.36. The van der Waals surface area contributed by atoms with Crippen molar-refractivity contribution in [2.75, 3.05) is 19.8 Å². The van der Waals surface area contributed by atoms with E-state index in [9.17, 15) is 4.79 Å². The van der Waals surface area contributed by atoms with Crippen LogP contribution in [-0.4, -0.2) is 35.3 Å². The number of ether oxygens (including phenoxy) is 2. The van der Waals surface area contributed by atoms with Crippen LogP contribution in [0.3, 0.4) is 0 Å². The van der Waals surface area contributed by atoms with E-state index >= 15 is 0 Å². The summed E-state index contributed by atoms with van der Waals surface area (Å²) in [6, 6.07) is 3.74. The Bertz CT molecular complexity index is 720. The second kappa shape index (κ2) is 7.14. The van der Waals surface area contributed by atoms with Crippen LogP contribution in [-0.2, 0) is 12.8 Å². The molecule has 0 unspecified atom stereocenters. The summed E-state index contributed by atoms with van der Waals surface area (Å²) in [5.41, 5.74) is 1.72. The monoisotopic (exact) mass is 353 g/mol. The van der Waals surface area contributed by atoms with Gasteiger partial charge in [0.15, 0.2) is 11.5 Å². The second-order valence-electron chi connectivity index (χ2n) is 5.01. The first kappa shape index (κ1) is 16.0. The Morgan fingerprint density at radius 3 is 3.04 bits per heavy atom. The highest BCUT2D eigenvalue weighted by molar-refractivity contribution is 7.08. The summed E-state index contributed by atoms with van der Waals surface area (Å²) in [6.07, 6.45) is 1.34. The number of hydrogen-bond donors (Lipinski definition) is 1. The van der Waals surface area contributed by atoms with Crippen LogP contribution < -0.4 is 14.8 Å². The first-order chi connectivity index (χ1) is 11.2. The van der Waals surface area contributed by atoms with E-state index in [1.54, 1.807) is 0 Å². The molecule has 3 rings (SSSR count). The highest BCUT2D eigenvalue weighted by Gasteiger charge is 2.17. The van der Waals surface area contributed by atoms with Crippen LogP contribution in [0, 0.1) is 0 Å². The minimum atomic E-state index is -0.138. The Morgan fingerprint density at radius 2 is 2.22 bits per heavy atom. The molecule has 0 saturated heterocycles. The number of aromatic nitrogens is 2. The van der Waals surface area contributed by atoms with Crippen molar-refractivity contribution in [2.45, 2.75) is 19.8 Å². The van der Waals surface area contributed by atoms with Gasteiger partial charge in [0.2, 0.25) is 0 Å². The molecule has 1 amide bonds. The number of nitrogens with one attached hydrogen (secondary N) is 1. The fourth-order valence-corrected chi connectivity index (χ4v) is 3.28. The molecule has 8 heteroatoms. The van der Waals surface area contributed by atoms with E-state index in [0.29, 0.717) is 54.0 Å². The van der Waals surface area contributed by atoms with Gasteiger partial charge in [-0.15, -0.1) is 5.10 Å². The quantitative estimate of drug-likeness (QED) is 0.894. The normalized spacial score (nSPS) is 13.0. The zero-order valence-corrected chi connectivity index (χ0v) is 14.2. The van der Waals surface area contributed by atoms with E-state index in [1.807, 2.05) is 19.1 Å². The third kappa shape index (κ3) is 3.56. The van der Waals surface area contributed by atoms with Crippen molar-refractivity contribution in [1.82, 2.24) is 14.9 Å². The van der Waals surface area contributed by atoms with E-state index in [4.69, 9.17) is 21.1 Å². The van der Waals surface area contributed by atoms with Gasteiger partial charge in [-0.05, 0) is 42.1 Å². The molecule has 0 bridgehead atoms. The number of amides is 1. The lowest BCUT2D eigenvalue weighted by Crippen LogP contribution is -2.26. The van der Waals surface area contributed by atoms with Crippen molar-refractivity contribution in [3.05, 3.63) is 33.3 Å². The van der Waals surface area contributed by atoms with Crippen LogP contribution in [0.2, 0.25) is 5.02 Å². The lowest BCUT2D eigenvalue weighted by Gasteiger charge is -2.20. The minimum Gasteiger partial charge on any atom is -0.486 e. The lowest BCUT2D eigenvalue weighted by molar-refractivity contribution is 0.0957. The molecule has 0 radical (unpaired) electrons. The zero-order chi connectivity index (χ0) is 16.2. The van der Waals surface area contributed by atoms with Crippen molar-refractivity contribution >= 4 is 29.0 Å². The minimum absolute atomic E-state index is 0.138. The van der Waals surface area contributed by atoms with E-state index in [2.05, 4.69) is 14.9 Å². The Hall–Kier alpha value is -1.86. The average Bonchev–Trinajstić information content (AvgIpc) is 3.03. The van der Waals surface area contributed by atoms with Crippen LogP contribution in [0.15, 0.2) is 12.1 Å². The second-order valence-corrected chi connectivity index (χ2v) is 6.17. The van der Waals surface area contributed by atoms with Crippen LogP contribution in [0.25, 0.3) is 0 Å². The summed E-state index contributed by atoms with van der Waals surface area (Å²) in [6.45, 7) is 3.47. The molecule has 1 aliphatic heterocycles. The summed E-state index contributed by atoms with van der Waals surface area (Å²) >= 11 is 7.32. The largest absolute Gasteiger partial charge is 0.486 e. The van der Waals surface area contributed by atoms with Crippen molar-refractivity contribution in [3.8, 4) is 11.5 Å². The third-order valence-corrected chi connectivity index (χ3v) is 4.50. The molecule has 2 aromatic rings. The molecule has 1 aliphatic rings. The Kier molecular flexibility index (Phi) is 4.97. The maximum Gasteiger partial charge on any atom is 0.264 e. The molecule has 1 aromatic carbocycles. The SMILES string of the molecule is CCc1nnsc1C(=O)NCCc1cc(Cl)c2c(c1)OCCO2. The fourth-order valence-electron chi connectivity index (χ4n) is 2.32. The summed E-state index contributed by atoms with van der Waals surface area (Å²) < 4.78 is 14.9. The topological polar surface area (TPSA) is 73.3 Å². The fraction of sp³-hybridized carbons (Fsp3) is 0.400. The standard InChI is InChI=1S/C15H16ClN3O3S/c1-2-11-14(23-19-18-11)15(20)17-4-3-9-7-10(16)13-12(8-9)21-5-6-22-13/h7-8H,2-6H2,1H3,(H,17,20). The van der Waals surface area contributed by atoms with Crippen LogP contribution in [0.1, 0.15) is 27.9 Å². The van der Waals surface area contributed by atoms with Crippen LogP contribution in [0.5, 0.6) is 11.5 Å². The molecule has 23 heavy (non-hydrogen) atoms. The predicted octanol–water partition coefficient (Wildman–Crippen LogP) is 2.50. The lowest BCUT2D eigenvalue weighted by atomic mass is 10.1. The van der Waals surface area contributed by atoms with Crippen LogP contribution >= 0.6 is 23.1 Å². The maximum atomic E-state index is 12.1. The smallest absolute Gasteiger partial charge is 0.264 e. The number of carbonyl (C=O) groups is 1. The van der Waals surface area contributed by atoms with E-state index in [1.165, 1.54) is 0 Å². The van der Waals surface area contributed by atoms with Gasteiger partial charge in [0.05, 0.1) is 10.7 Å². The predicted molar refractivity (Wildman–Crippen MR) is 87.8 cm³/mol. The van der Waals surface area contributed by atoms with E-state index in [-0.39, 0.29) is 5.91 Å². The van der Waals surface area contributed by atoms with Gasteiger partial charge in [-0.25, -0.2) is 0 Å². The molecular formula is C15H16ClN3O3S. The van der Waals surface area contributed by atoms with Crippen molar-refractivity contribution < 1.29 is 14.3 Å². The van der Waals surface area contributed by atoms with Gasteiger partial charge in [0, 0.05) is 6.54 Å². The number of aryl methyl sites for hydroxylation is 1. The number of rotatable bonds is 5. The van der Waals surface area contributed by atoms with Gasteiger partial charge in [0.1, 0.15) is 18.1 Å². The number of hydrogen-bond acceptors (Lipinski definition) is 6. The van der Waals surface area contributed by atoms with Gasteiger partial charge in [-0.2, -0.15) is 0 Å². The van der Waals surface area contributed by atoms with Gasteiger partial charge in [-0.3, -0.25) is 4.79 Å². The van der Waals surface area contributed by atoms with Crippen molar-refractivity contribution in [1.29, 1.82) is 0 Å². The molecule has 0 saturated carbocycles. The van der Waals surface area contributed by atoms with E-state index < -0.39 is 0 Å². The molecule has 6 nitrogen and oxygen atoms in total. The molecular weight excluding hydrogens is 338 g/mol. The average molecular weight is 354 g/mol. The van der Waals surface area contributed by atoms with Gasteiger partial charge < -0.3 is 14.8 Å². The Balaban J connectivity index is 1.61. The number of fused-ring (bicyclic) bond motifs is 1.